The number of hydrogen-bond acceptors (Lipinski definition) is 8. The first-order chi connectivity index (χ1) is 18.5. The lowest BCUT2D eigenvalue weighted by molar-refractivity contribution is -0.144. The number of amides is 1. The van der Waals surface area contributed by atoms with Crippen molar-refractivity contribution in [3.05, 3.63) is 86.9 Å². The number of aliphatic hydroxyl groups is 3. The third-order valence-corrected chi connectivity index (χ3v) is 8.16. The molecule has 7 N–H and O–H groups in total. The Kier molecular flexibility index (Phi) is 6.34. The summed E-state index contributed by atoms with van der Waals surface area (Å²) < 4.78 is 0. The van der Waals surface area contributed by atoms with E-state index in [0.29, 0.717) is 24.0 Å². The van der Waals surface area contributed by atoms with Crippen LogP contribution in [0.4, 0.5) is 0 Å². The van der Waals surface area contributed by atoms with Gasteiger partial charge in [-0.1, -0.05) is 37.3 Å². The first-order valence-electron chi connectivity index (χ1n) is 12.8. The summed E-state index contributed by atoms with van der Waals surface area (Å²) in [7, 11) is 0. The Morgan fingerprint density at radius 2 is 1.79 bits per heavy atom. The van der Waals surface area contributed by atoms with E-state index in [2.05, 4.69) is 0 Å². The Bertz CT molecular complexity index is 1530. The summed E-state index contributed by atoms with van der Waals surface area (Å²) in [6.45, 7) is 1.96. The third kappa shape index (κ3) is 4.01. The lowest BCUT2D eigenvalue weighted by Gasteiger charge is -2.45. The Balaban J connectivity index is 1.52. The highest BCUT2D eigenvalue weighted by atomic mass is 16.3. The molecule has 9 nitrogen and oxygen atoms in total. The molecular weight excluding hydrogens is 502 g/mol. The molecule has 39 heavy (non-hydrogen) atoms. The van der Waals surface area contributed by atoms with E-state index in [1.807, 2.05) is 31.2 Å². The number of phenols is 2. The second kappa shape index (κ2) is 9.43. The van der Waals surface area contributed by atoms with E-state index in [1.165, 1.54) is 6.07 Å². The molecule has 2 aromatic carbocycles. The van der Waals surface area contributed by atoms with Gasteiger partial charge in [0.25, 0.3) is 5.91 Å². The smallest absolute Gasteiger partial charge is 0.255 e. The second-order valence-electron chi connectivity index (χ2n) is 10.4. The van der Waals surface area contributed by atoms with Gasteiger partial charge in [0.1, 0.15) is 28.6 Å². The van der Waals surface area contributed by atoms with Gasteiger partial charge in [0, 0.05) is 17.9 Å². The van der Waals surface area contributed by atoms with Gasteiger partial charge in [-0.2, -0.15) is 0 Å². The number of aliphatic hydroxyl groups excluding tert-OH is 2. The number of benzene rings is 2. The zero-order valence-corrected chi connectivity index (χ0v) is 21.3. The maximum Gasteiger partial charge on any atom is 0.255 e. The summed E-state index contributed by atoms with van der Waals surface area (Å²) in [4.78, 5) is 38.4. The van der Waals surface area contributed by atoms with Crippen LogP contribution in [-0.4, -0.2) is 48.6 Å². The molecule has 0 saturated heterocycles. The molecule has 0 heterocycles. The highest BCUT2D eigenvalue weighted by Gasteiger charge is 2.59. The fourth-order valence-electron chi connectivity index (χ4n) is 6.17. The van der Waals surface area contributed by atoms with E-state index in [4.69, 9.17) is 5.73 Å². The van der Waals surface area contributed by atoms with Gasteiger partial charge >= 0.3 is 0 Å². The molecule has 0 aliphatic heterocycles. The summed E-state index contributed by atoms with van der Waals surface area (Å²) >= 11 is 0. The summed E-state index contributed by atoms with van der Waals surface area (Å²) in [6, 6.07) is 8.48. The maximum atomic E-state index is 13.6. The van der Waals surface area contributed by atoms with Crippen molar-refractivity contribution >= 4 is 23.5 Å². The van der Waals surface area contributed by atoms with Crippen molar-refractivity contribution in [1.82, 2.24) is 0 Å². The highest BCUT2D eigenvalue weighted by molar-refractivity contribution is 6.24. The molecule has 0 unspecified atom stereocenters. The summed E-state index contributed by atoms with van der Waals surface area (Å²) in [6.07, 6.45) is 5.07. The molecule has 9 heteroatoms. The molecule has 2 aromatic rings. The lowest BCUT2D eigenvalue weighted by Crippen LogP contribution is -2.57. The molecule has 0 spiro atoms. The Morgan fingerprint density at radius 3 is 2.49 bits per heavy atom. The SMILES string of the molecule is CCc1cc(C/C=C\c2ccc(O)c3c2C[C@@H]2C[C@@H]4CC(O)=C(C(N)=O)C(=O)[C@]4(O)C(O)=C2C3=O)ccc1O. The first-order valence-corrected chi connectivity index (χ1v) is 12.8. The van der Waals surface area contributed by atoms with Crippen LogP contribution in [0.15, 0.2) is 59.1 Å². The number of carbonyl (C=O) groups is 3. The molecule has 1 amide bonds. The standard InChI is InChI=1S/C30H29NO8/c1-2-15-10-14(6-8-20(15)32)4-3-5-16-7-9-21(33)24-19(16)12-17-11-18-13-22(34)25(29(31)38)28(37)30(18,39)27(36)23(17)26(24)35/h3,5-10,17-18,32-34,36,39H,2,4,11-13H2,1H3,(H2,31,38)/b5-3-/t17-,18+,30+/m0/s1. The number of aryl methyl sites for hydroxylation is 1. The van der Waals surface area contributed by atoms with Gasteiger partial charge in [-0.25, -0.2) is 0 Å². The van der Waals surface area contributed by atoms with Crippen LogP contribution in [0.2, 0.25) is 0 Å². The minimum Gasteiger partial charge on any atom is -0.511 e. The van der Waals surface area contributed by atoms with E-state index < -0.39 is 52.0 Å². The van der Waals surface area contributed by atoms with Crippen LogP contribution in [0, 0.1) is 11.8 Å². The predicted molar refractivity (Wildman–Crippen MR) is 141 cm³/mol. The number of ketones is 2. The van der Waals surface area contributed by atoms with Gasteiger partial charge in [-0.05, 0) is 66.0 Å². The number of allylic oxidation sites excluding steroid dienone is 3. The number of Topliss-reactive ketones (excluding diaryl/α,β-unsaturated/α-hetero) is 2. The Hall–Kier alpha value is -4.37. The molecule has 0 bridgehead atoms. The van der Waals surface area contributed by atoms with Crippen molar-refractivity contribution in [1.29, 1.82) is 0 Å². The number of phenolic OH excluding ortho intramolecular Hbond substituents is 2. The van der Waals surface area contributed by atoms with Crippen molar-refractivity contribution in [3.63, 3.8) is 0 Å². The minimum absolute atomic E-state index is 0.0216. The summed E-state index contributed by atoms with van der Waals surface area (Å²) in [5, 5.41) is 53.3. The fourth-order valence-corrected chi connectivity index (χ4v) is 6.17. The number of nitrogens with two attached hydrogens (primary N) is 1. The molecule has 0 saturated carbocycles. The molecule has 202 valence electrons. The monoisotopic (exact) mass is 531 g/mol. The van der Waals surface area contributed by atoms with Crippen LogP contribution in [0.3, 0.4) is 0 Å². The van der Waals surface area contributed by atoms with Crippen LogP contribution >= 0.6 is 0 Å². The molecule has 3 aliphatic carbocycles. The van der Waals surface area contributed by atoms with Gasteiger partial charge in [0.05, 0.1) is 5.56 Å². The molecule has 0 fully saturated rings. The zero-order chi connectivity index (χ0) is 28.2. The molecule has 5 rings (SSSR count). The van der Waals surface area contributed by atoms with Crippen LogP contribution in [0.5, 0.6) is 11.5 Å². The topological polar surface area (TPSA) is 178 Å². The van der Waals surface area contributed by atoms with Crippen LogP contribution < -0.4 is 5.73 Å². The summed E-state index contributed by atoms with van der Waals surface area (Å²) in [5.74, 6) is -6.23. The van der Waals surface area contributed by atoms with Crippen LogP contribution in [-0.2, 0) is 28.9 Å². The number of hydrogen-bond donors (Lipinski definition) is 6. The maximum absolute atomic E-state index is 13.6. The van der Waals surface area contributed by atoms with Crippen molar-refractivity contribution < 1.29 is 39.9 Å². The number of aromatic hydroxyl groups is 2. The van der Waals surface area contributed by atoms with E-state index in [9.17, 15) is 39.9 Å². The van der Waals surface area contributed by atoms with Gasteiger partial charge in [0.15, 0.2) is 11.4 Å². The second-order valence-corrected chi connectivity index (χ2v) is 10.4. The average molecular weight is 532 g/mol. The van der Waals surface area contributed by atoms with E-state index in [1.54, 1.807) is 12.1 Å². The quantitative estimate of drug-likeness (QED) is 0.319. The highest BCUT2D eigenvalue weighted by Crippen LogP contribution is 2.51. The average Bonchev–Trinajstić information content (AvgIpc) is 2.88. The number of rotatable bonds is 5. The third-order valence-electron chi connectivity index (χ3n) is 8.16. The number of carbonyl (C=O) groups excluding carboxylic acids is 3. The first kappa shape index (κ1) is 26.2. The van der Waals surface area contributed by atoms with Gasteiger partial charge < -0.3 is 31.3 Å². The lowest BCUT2D eigenvalue weighted by atomic mass is 9.60. The van der Waals surface area contributed by atoms with E-state index in [0.717, 1.165) is 11.1 Å². The molecule has 0 radical (unpaired) electrons. The van der Waals surface area contributed by atoms with Gasteiger partial charge in [-0.15, -0.1) is 0 Å². The minimum atomic E-state index is -2.58. The number of fused-ring (bicyclic) bond motifs is 3. The fraction of sp³-hybridized carbons (Fsp3) is 0.300. The van der Waals surface area contributed by atoms with E-state index in [-0.39, 0.29) is 41.9 Å². The van der Waals surface area contributed by atoms with Gasteiger partial charge in [0.2, 0.25) is 5.78 Å². The van der Waals surface area contributed by atoms with Crippen molar-refractivity contribution in [2.45, 2.75) is 44.6 Å². The van der Waals surface area contributed by atoms with Crippen molar-refractivity contribution in [2.75, 3.05) is 0 Å². The normalized spacial score (nSPS) is 24.6. The Labute approximate surface area is 224 Å². The van der Waals surface area contributed by atoms with Crippen molar-refractivity contribution in [3.8, 4) is 11.5 Å². The number of primary amides is 1. The van der Waals surface area contributed by atoms with E-state index >= 15 is 0 Å². The van der Waals surface area contributed by atoms with Crippen LogP contribution in [0.1, 0.15) is 52.4 Å². The molecule has 3 aliphatic rings. The zero-order valence-electron chi connectivity index (χ0n) is 21.3. The Morgan fingerprint density at radius 1 is 1.08 bits per heavy atom. The van der Waals surface area contributed by atoms with Gasteiger partial charge in [-0.3, -0.25) is 14.4 Å². The molecule has 3 atom stereocenters. The predicted octanol–water partition coefficient (Wildman–Crippen LogP) is 3.10. The molecule has 0 aromatic heterocycles. The molecular formula is C30H29NO8. The van der Waals surface area contributed by atoms with Crippen LogP contribution in [0.25, 0.3) is 6.08 Å². The van der Waals surface area contributed by atoms with Crippen molar-refractivity contribution in [2.24, 2.45) is 17.6 Å². The largest absolute Gasteiger partial charge is 0.511 e. The summed E-state index contributed by atoms with van der Waals surface area (Å²) in [5.41, 5.74) is 4.75.